The van der Waals surface area contributed by atoms with Crippen LogP contribution < -0.4 is 0 Å². The zero-order valence-corrected chi connectivity index (χ0v) is 15.2. The summed E-state index contributed by atoms with van der Waals surface area (Å²) in [6.07, 6.45) is -0.194. The minimum Gasteiger partial charge on any atom is -0.466 e. The highest BCUT2D eigenvalue weighted by molar-refractivity contribution is 5.79. The molecule has 0 unspecified atom stereocenters. The molecular weight excluding hydrogens is 382 g/mol. The van der Waals surface area contributed by atoms with E-state index in [9.17, 15) is 25.0 Å². The predicted octanol–water partition coefficient (Wildman–Crippen LogP) is 3.93. The summed E-state index contributed by atoms with van der Waals surface area (Å²) in [5.41, 5.74) is 1.22. The molecule has 0 amide bonds. The van der Waals surface area contributed by atoms with E-state index in [-0.39, 0.29) is 36.1 Å². The summed E-state index contributed by atoms with van der Waals surface area (Å²) >= 11 is 0. The summed E-state index contributed by atoms with van der Waals surface area (Å²) in [7, 11) is 0. The van der Waals surface area contributed by atoms with Crippen molar-refractivity contribution in [3.8, 4) is 22.6 Å². The first kappa shape index (κ1) is 19.7. The Morgan fingerprint density at radius 2 is 1.48 bits per heavy atom. The van der Waals surface area contributed by atoms with Crippen molar-refractivity contribution in [2.75, 3.05) is 6.61 Å². The molecule has 1 heterocycles. The number of ether oxygens (including phenoxy) is 1. The van der Waals surface area contributed by atoms with E-state index in [4.69, 9.17) is 9.15 Å². The lowest BCUT2D eigenvalue weighted by Crippen LogP contribution is -2.07. The van der Waals surface area contributed by atoms with Gasteiger partial charge in [0, 0.05) is 35.4 Å². The topological polar surface area (TPSA) is 139 Å². The summed E-state index contributed by atoms with van der Waals surface area (Å²) in [6, 6.07) is 11.3. The Hall–Kier alpha value is -4.08. The first-order chi connectivity index (χ1) is 13.9. The lowest BCUT2D eigenvalue weighted by Gasteiger charge is -2.02. The van der Waals surface area contributed by atoms with Gasteiger partial charge in [0.1, 0.15) is 12.1 Å². The van der Waals surface area contributed by atoms with Gasteiger partial charge in [-0.25, -0.2) is 4.98 Å². The second-order valence-electron chi connectivity index (χ2n) is 5.88. The van der Waals surface area contributed by atoms with E-state index in [1.54, 1.807) is 6.92 Å². The third-order valence-corrected chi connectivity index (χ3v) is 3.96. The van der Waals surface area contributed by atoms with Gasteiger partial charge in [-0.15, -0.1) is 0 Å². The SMILES string of the molecule is CCOC(=O)Cc1nc(-c2ccc([N+](=O)[O-])cc2)c(-c2ccc([N+](=O)[O-])cc2)o1. The van der Waals surface area contributed by atoms with Crippen molar-refractivity contribution in [3.05, 3.63) is 74.7 Å². The minimum absolute atomic E-state index is 0.0825. The van der Waals surface area contributed by atoms with E-state index >= 15 is 0 Å². The maximum Gasteiger partial charge on any atom is 0.315 e. The lowest BCUT2D eigenvalue weighted by atomic mass is 10.1. The number of nitrogens with zero attached hydrogens (tertiary/aromatic N) is 3. The zero-order chi connectivity index (χ0) is 21.0. The van der Waals surface area contributed by atoms with Crippen molar-refractivity contribution in [1.29, 1.82) is 0 Å². The molecule has 10 heteroatoms. The van der Waals surface area contributed by atoms with Gasteiger partial charge in [-0.1, -0.05) is 0 Å². The molecule has 3 rings (SSSR count). The number of aromatic nitrogens is 1. The maximum atomic E-state index is 11.8. The maximum absolute atomic E-state index is 11.8. The van der Waals surface area contributed by atoms with Gasteiger partial charge in [0.15, 0.2) is 5.76 Å². The van der Waals surface area contributed by atoms with Gasteiger partial charge in [-0.2, -0.15) is 0 Å². The molecule has 0 saturated heterocycles. The fourth-order valence-electron chi connectivity index (χ4n) is 2.64. The monoisotopic (exact) mass is 397 g/mol. The summed E-state index contributed by atoms with van der Waals surface area (Å²) in [6.45, 7) is 1.89. The van der Waals surface area contributed by atoms with Gasteiger partial charge < -0.3 is 9.15 Å². The Bertz CT molecular complexity index is 981. The number of non-ortho nitro benzene ring substituents is 2. The van der Waals surface area contributed by atoms with E-state index < -0.39 is 15.8 Å². The molecule has 0 fully saturated rings. The molecule has 2 aromatic carbocycles. The second-order valence-corrected chi connectivity index (χ2v) is 5.88. The summed E-state index contributed by atoms with van der Waals surface area (Å²) < 4.78 is 10.6. The number of hydrogen-bond acceptors (Lipinski definition) is 8. The van der Waals surface area contributed by atoms with Crippen molar-refractivity contribution in [3.63, 3.8) is 0 Å². The van der Waals surface area contributed by atoms with Crippen LogP contribution in [0.15, 0.2) is 52.9 Å². The largest absolute Gasteiger partial charge is 0.466 e. The van der Waals surface area contributed by atoms with Crippen LogP contribution in [0.25, 0.3) is 22.6 Å². The fourth-order valence-corrected chi connectivity index (χ4v) is 2.64. The minimum atomic E-state index is -0.520. The number of esters is 1. The van der Waals surface area contributed by atoms with Crippen molar-refractivity contribution in [2.24, 2.45) is 0 Å². The fraction of sp³-hybridized carbons (Fsp3) is 0.158. The van der Waals surface area contributed by atoms with Crippen LogP contribution in [-0.4, -0.2) is 27.4 Å². The van der Waals surface area contributed by atoms with Crippen LogP contribution in [0, 0.1) is 20.2 Å². The van der Waals surface area contributed by atoms with E-state index in [0.717, 1.165) is 0 Å². The van der Waals surface area contributed by atoms with Gasteiger partial charge in [-0.3, -0.25) is 25.0 Å². The van der Waals surface area contributed by atoms with Crippen molar-refractivity contribution in [1.82, 2.24) is 4.98 Å². The Morgan fingerprint density at radius 1 is 0.966 bits per heavy atom. The smallest absolute Gasteiger partial charge is 0.315 e. The first-order valence-corrected chi connectivity index (χ1v) is 8.54. The molecule has 0 aliphatic rings. The molecule has 0 saturated carbocycles. The number of nitro groups is 2. The third kappa shape index (κ3) is 4.43. The highest BCUT2D eigenvalue weighted by Crippen LogP contribution is 2.34. The Balaban J connectivity index is 2.04. The quantitative estimate of drug-likeness (QED) is 0.332. The van der Waals surface area contributed by atoms with Crippen LogP contribution in [0.5, 0.6) is 0 Å². The van der Waals surface area contributed by atoms with Crippen LogP contribution in [0.2, 0.25) is 0 Å². The molecule has 148 valence electrons. The highest BCUT2D eigenvalue weighted by Gasteiger charge is 2.20. The van der Waals surface area contributed by atoms with Gasteiger partial charge in [0.2, 0.25) is 5.89 Å². The van der Waals surface area contributed by atoms with E-state index in [1.807, 2.05) is 0 Å². The number of oxazole rings is 1. The number of nitro benzene ring substituents is 2. The Kier molecular flexibility index (Phi) is 5.63. The molecule has 0 radical (unpaired) electrons. The molecular formula is C19H15N3O7. The number of carbonyl (C=O) groups excluding carboxylic acids is 1. The van der Waals surface area contributed by atoms with Crippen LogP contribution in [0.1, 0.15) is 12.8 Å². The van der Waals surface area contributed by atoms with Gasteiger partial charge in [0.25, 0.3) is 11.4 Å². The number of benzene rings is 2. The molecule has 0 aliphatic heterocycles. The number of carbonyl (C=O) groups is 1. The van der Waals surface area contributed by atoms with Crippen LogP contribution in [-0.2, 0) is 16.0 Å². The zero-order valence-electron chi connectivity index (χ0n) is 15.2. The summed E-state index contributed by atoms with van der Waals surface area (Å²) in [5, 5.41) is 21.8. The number of hydrogen-bond donors (Lipinski definition) is 0. The molecule has 10 nitrogen and oxygen atoms in total. The normalized spacial score (nSPS) is 10.5. The van der Waals surface area contributed by atoms with Crippen LogP contribution >= 0.6 is 0 Å². The summed E-state index contributed by atoms with van der Waals surface area (Å²) in [4.78, 5) is 36.8. The van der Waals surface area contributed by atoms with Crippen molar-refractivity contribution >= 4 is 17.3 Å². The molecule has 0 spiro atoms. The molecule has 0 bridgehead atoms. The summed E-state index contributed by atoms with van der Waals surface area (Å²) in [5.74, 6) is -0.127. The van der Waals surface area contributed by atoms with E-state index in [2.05, 4.69) is 4.98 Å². The number of rotatable bonds is 7. The average molecular weight is 397 g/mol. The van der Waals surface area contributed by atoms with Gasteiger partial charge >= 0.3 is 5.97 Å². The highest BCUT2D eigenvalue weighted by atomic mass is 16.6. The van der Waals surface area contributed by atoms with Gasteiger partial charge in [-0.05, 0) is 31.2 Å². The lowest BCUT2D eigenvalue weighted by molar-refractivity contribution is -0.385. The van der Waals surface area contributed by atoms with E-state index in [0.29, 0.717) is 16.8 Å². The molecule has 29 heavy (non-hydrogen) atoms. The Morgan fingerprint density at radius 3 is 1.97 bits per heavy atom. The molecule has 0 aliphatic carbocycles. The molecule has 1 aromatic heterocycles. The Labute approximate surface area is 164 Å². The molecule has 3 aromatic rings. The molecule has 0 atom stereocenters. The average Bonchev–Trinajstić information content (AvgIpc) is 3.12. The van der Waals surface area contributed by atoms with Crippen molar-refractivity contribution < 1.29 is 23.8 Å². The van der Waals surface area contributed by atoms with Crippen molar-refractivity contribution in [2.45, 2.75) is 13.3 Å². The molecule has 0 N–H and O–H groups in total. The standard InChI is InChI=1S/C19H15N3O7/c1-2-28-17(23)11-16-20-18(12-3-7-14(8-4-12)21(24)25)19(29-16)13-5-9-15(10-6-13)22(26)27/h3-10H,2,11H2,1H3. The van der Waals surface area contributed by atoms with Crippen LogP contribution in [0.3, 0.4) is 0 Å². The van der Waals surface area contributed by atoms with E-state index in [1.165, 1.54) is 48.5 Å². The van der Waals surface area contributed by atoms with Gasteiger partial charge in [0.05, 0.1) is 16.5 Å². The van der Waals surface area contributed by atoms with Crippen LogP contribution in [0.4, 0.5) is 11.4 Å². The second kappa shape index (κ2) is 8.30. The first-order valence-electron chi connectivity index (χ1n) is 8.54. The third-order valence-electron chi connectivity index (χ3n) is 3.96. The predicted molar refractivity (Wildman–Crippen MR) is 101 cm³/mol.